The van der Waals surface area contributed by atoms with E-state index in [1.807, 2.05) is 50.2 Å². The van der Waals surface area contributed by atoms with Crippen LogP contribution in [-0.2, 0) is 11.2 Å². The lowest BCUT2D eigenvalue weighted by Crippen LogP contribution is -2.23. The summed E-state index contributed by atoms with van der Waals surface area (Å²) in [5, 5.41) is 6.16. The number of para-hydroxylation sites is 3. The maximum absolute atomic E-state index is 12.3. The van der Waals surface area contributed by atoms with Crippen molar-refractivity contribution in [3.05, 3.63) is 65.7 Å². The van der Waals surface area contributed by atoms with Crippen LogP contribution in [0.5, 0.6) is 5.75 Å². The van der Waals surface area contributed by atoms with E-state index in [1.54, 1.807) is 0 Å². The largest absolute Gasteiger partial charge is 0.487 e. The number of nitrogens with one attached hydrogen (secondary N) is 2. The predicted octanol–water partition coefficient (Wildman–Crippen LogP) is 4.56. The molecule has 0 aliphatic rings. The summed E-state index contributed by atoms with van der Waals surface area (Å²) in [6.07, 6.45) is 0.920. The molecule has 0 aliphatic heterocycles. The molecule has 2 rings (SSSR count). The van der Waals surface area contributed by atoms with E-state index in [0.717, 1.165) is 23.2 Å². The SMILES string of the molecule is C=C(C)COc1ccccc1NC(=O)CNc1c(C)cccc1CC. The molecule has 2 N–H and O–H groups in total. The number of amides is 1. The molecule has 2 aromatic rings. The van der Waals surface area contributed by atoms with Crippen LogP contribution in [0.2, 0.25) is 0 Å². The molecular formula is C21H26N2O2. The monoisotopic (exact) mass is 338 g/mol. The molecule has 0 aliphatic carbocycles. The number of ether oxygens (including phenoxy) is 1. The number of carbonyl (C=O) groups is 1. The van der Waals surface area contributed by atoms with E-state index in [2.05, 4.69) is 30.2 Å². The summed E-state index contributed by atoms with van der Waals surface area (Å²) < 4.78 is 5.68. The van der Waals surface area contributed by atoms with Crippen molar-refractivity contribution in [3.8, 4) is 5.75 Å². The minimum absolute atomic E-state index is 0.114. The van der Waals surface area contributed by atoms with Gasteiger partial charge >= 0.3 is 0 Å². The van der Waals surface area contributed by atoms with Gasteiger partial charge in [0.25, 0.3) is 0 Å². The summed E-state index contributed by atoms with van der Waals surface area (Å²) in [7, 11) is 0. The maximum atomic E-state index is 12.3. The Morgan fingerprint density at radius 3 is 2.64 bits per heavy atom. The number of rotatable bonds is 8. The van der Waals surface area contributed by atoms with Crippen molar-refractivity contribution < 1.29 is 9.53 Å². The minimum Gasteiger partial charge on any atom is -0.487 e. The molecule has 0 saturated heterocycles. The Morgan fingerprint density at radius 2 is 1.92 bits per heavy atom. The van der Waals surface area contributed by atoms with Crippen LogP contribution in [0.3, 0.4) is 0 Å². The maximum Gasteiger partial charge on any atom is 0.243 e. The first-order chi connectivity index (χ1) is 12.0. The van der Waals surface area contributed by atoms with Gasteiger partial charge < -0.3 is 15.4 Å². The van der Waals surface area contributed by atoms with Crippen LogP contribution < -0.4 is 15.4 Å². The Hall–Kier alpha value is -2.75. The number of benzene rings is 2. The van der Waals surface area contributed by atoms with E-state index in [0.29, 0.717) is 18.0 Å². The van der Waals surface area contributed by atoms with Crippen LogP contribution in [-0.4, -0.2) is 19.1 Å². The van der Waals surface area contributed by atoms with E-state index in [4.69, 9.17) is 4.74 Å². The van der Waals surface area contributed by atoms with Crippen molar-refractivity contribution in [1.82, 2.24) is 0 Å². The van der Waals surface area contributed by atoms with Crippen LogP contribution in [0, 0.1) is 6.92 Å². The van der Waals surface area contributed by atoms with Gasteiger partial charge in [-0.3, -0.25) is 4.79 Å². The first kappa shape index (κ1) is 18.6. The van der Waals surface area contributed by atoms with Crippen molar-refractivity contribution in [1.29, 1.82) is 0 Å². The topological polar surface area (TPSA) is 50.4 Å². The van der Waals surface area contributed by atoms with Crippen molar-refractivity contribution in [2.24, 2.45) is 0 Å². The third-order valence-electron chi connectivity index (χ3n) is 3.80. The zero-order chi connectivity index (χ0) is 18.2. The Balaban J connectivity index is 2.01. The van der Waals surface area contributed by atoms with Gasteiger partial charge in [-0.2, -0.15) is 0 Å². The van der Waals surface area contributed by atoms with E-state index in [-0.39, 0.29) is 12.5 Å². The minimum atomic E-state index is -0.114. The second-order valence-corrected chi connectivity index (χ2v) is 6.11. The summed E-state index contributed by atoms with van der Waals surface area (Å²) >= 11 is 0. The average molecular weight is 338 g/mol. The van der Waals surface area contributed by atoms with E-state index >= 15 is 0 Å². The molecule has 0 bridgehead atoms. The fraction of sp³-hybridized carbons (Fsp3) is 0.286. The summed E-state index contributed by atoms with van der Waals surface area (Å²) in [4.78, 5) is 12.3. The van der Waals surface area contributed by atoms with Gasteiger partial charge in [0, 0.05) is 5.69 Å². The van der Waals surface area contributed by atoms with Crippen molar-refractivity contribution >= 4 is 17.3 Å². The van der Waals surface area contributed by atoms with E-state index in [9.17, 15) is 4.79 Å². The lowest BCUT2D eigenvalue weighted by atomic mass is 10.1. The van der Waals surface area contributed by atoms with Crippen molar-refractivity contribution in [3.63, 3.8) is 0 Å². The quantitative estimate of drug-likeness (QED) is 0.694. The number of carbonyl (C=O) groups excluding carboxylic acids is 1. The molecule has 0 heterocycles. The lowest BCUT2D eigenvalue weighted by Gasteiger charge is -2.15. The second-order valence-electron chi connectivity index (χ2n) is 6.11. The van der Waals surface area contributed by atoms with E-state index in [1.165, 1.54) is 5.56 Å². The third-order valence-corrected chi connectivity index (χ3v) is 3.80. The number of aryl methyl sites for hydroxylation is 2. The highest BCUT2D eigenvalue weighted by molar-refractivity contribution is 5.95. The van der Waals surface area contributed by atoms with Gasteiger partial charge in [0.1, 0.15) is 12.4 Å². The molecular weight excluding hydrogens is 312 g/mol. The highest BCUT2D eigenvalue weighted by Gasteiger charge is 2.09. The molecule has 0 atom stereocenters. The molecule has 0 saturated carbocycles. The highest BCUT2D eigenvalue weighted by Crippen LogP contribution is 2.24. The number of hydrogen-bond donors (Lipinski definition) is 2. The van der Waals surface area contributed by atoms with Crippen LogP contribution in [0.25, 0.3) is 0 Å². The fourth-order valence-corrected chi connectivity index (χ4v) is 2.54. The van der Waals surface area contributed by atoms with Gasteiger partial charge in [0.05, 0.1) is 12.2 Å². The molecule has 4 nitrogen and oxygen atoms in total. The highest BCUT2D eigenvalue weighted by atomic mass is 16.5. The van der Waals surface area contributed by atoms with Gasteiger partial charge in [0.15, 0.2) is 0 Å². The average Bonchev–Trinajstić information content (AvgIpc) is 2.59. The number of hydrogen-bond acceptors (Lipinski definition) is 3. The third kappa shape index (κ3) is 5.38. The van der Waals surface area contributed by atoms with Crippen molar-refractivity contribution in [2.75, 3.05) is 23.8 Å². The summed E-state index contributed by atoms with van der Waals surface area (Å²) in [5.74, 6) is 0.528. The van der Waals surface area contributed by atoms with Crippen LogP contribution >= 0.6 is 0 Å². The first-order valence-corrected chi connectivity index (χ1v) is 8.49. The van der Waals surface area contributed by atoms with Gasteiger partial charge in [-0.1, -0.05) is 43.8 Å². The molecule has 25 heavy (non-hydrogen) atoms. The van der Waals surface area contributed by atoms with Crippen LogP contribution in [0.1, 0.15) is 25.0 Å². The lowest BCUT2D eigenvalue weighted by molar-refractivity contribution is -0.114. The first-order valence-electron chi connectivity index (χ1n) is 8.49. The van der Waals surface area contributed by atoms with Gasteiger partial charge in [-0.15, -0.1) is 0 Å². The fourth-order valence-electron chi connectivity index (χ4n) is 2.54. The molecule has 0 unspecified atom stereocenters. The van der Waals surface area contributed by atoms with E-state index < -0.39 is 0 Å². The second kappa shape index (κ2) is 8.92. The predicted molar refractivity (Wildman–Crippen MR) is 104 cm³/mol. The summed E-state index contributed by atoms with van der Waals surface area (Å²) in [5.41, 5.74) is 4.97. The van der Waals surface area contributed by atoms with Gasteiger partial charge in [-0.25, -0.2) is 0 Å². The molecule has 4 heteroatoms. The number of anilines is 2. The Morgan fingerprint density at radius 1 is 1.16 bits per heavy atom. The summed E-state index contributed by atoms with van der Waals surface area (Å²) in [6, 6.07) is 13.6. The Bertz CT molecular complexity index is 753. The molecule has 0 aromatic heterocycles. The van der Waals surface area contributed by atoms with Gasteiger partial charge in [0.2, 0.25) is 5.91 Å². The van der Waals surface area contributed by atoms with Gasteiger partial charge in [-0.05, 0) is 49.1 Å². The molecule has 0 spiro atoms. The summed E-state index contributed by atoms with van der Waals surface area (Å²) in [6.45, 7) is 10.5. The molecule has 2 aromatic carbocycles. The van der Waals surface area contributed by atoms with Crippen LogP contribution in [0.15, 0.2) is 54.6 Å². The zero-order valence-electron chi connectivity index (χ0n) is 15.2. The van der Waals surface area contributed by atoms with Crippen LogP contribution in [0.4, 0.5) is 11.4 Å². The molecule has 0 fully saturated rings. The normalized spacial score (nSPS) is 10.2. The zero-order valence-corrected chi connectivity index (χ0v) is 15.2. The van der Waals surface area contributed by atoms with Crippen molar-refractivity contribution in [2.45, 2.75) is 27.2 Å². The Labute approximate surface area is 149 Å². The smallest absolute Gasteiger partial charge is 0.243 e. The molecule has 1 amide bonds. The standard InChI is InChI=1S/C21H26N2O2/c1-5-17-10-8-9-16(4)21(17)22-13-20(24)23-18-11-6-7-12-19(18)25-14-15(2)3/h6-12,22H,2,5,13-14H2,1,3-4H3,(H,23,24). The Kier molecular flexibility index (Phi) is 6.63. The molecule has 0 radical (unpaired) electrons. The molecule has 132 valence electrons.